The maximum Gasteiger partial charge on any atom is 0.0599 e. The van der Waals surface area contributed by atoms with Crippen LogP contribution in [0.5, 0.6) is 0 Å². The Bertz CT molecular complexity index is 170. The van der Waals surface area contributed by atoms with Gasteiger partial charge in [0.1, 0.15) is 0 Å². The number of aliphatic hydroxyl groups excluding tert-OH is 1. The van der Waals surface area contributed by atoms with Crippen LogP contribution in [0.25, 0.3) is 0 Å². The van der Waals surface area contributed by atoms with E-state index in [0.717, 1.165) is 45.5 Å². The lowest BCUT2D eigenvalue weighted by atomic mass is 10.1. The third kappa shape index (κ3) is 5.25. The van der Waals surface area contributed by atoms with Gasteiger partial charge in [0.2, 0.25) is 0 Å². The third-order valence-electron chi connectivity index (χ3n) is 3.12. The second kappa shape index (κ2) is 8.01. The van der Waals surface area contributed by atoms with Gasteiger partial charge in [-0.3, -0.25) is 0 Å². The van der Waals surface area contributed by atoms with Gasteiger partial charge < -0.3 is 20.5 Å². The predicted molar refractivity (Wildman–Crippen MR) is 65.3 cm³/mol. The molecule has 16 heavy (non-hydrogen) atoms. The molecule has 0 bridgehead atoms. The van der Waals surface area contributed by atoms with Gasteiger partial charge in [-0.15, -0.1) is 0 Å². The van der Waals surface area contributed by atoms with Crippen molar-refractivity contribution in [2.24, 2.45) is 11.7 Å². The van der Waals surface area contributed by atoms with Gasteiger partial charge in [0.05, 0.1) is 6.10 Å². The molecule has 3 N–H and O–H groups in total. The van der Waals surface area contributed by atoms with Crippen molar-refractivity contribution in [3.05, 3.63) is 0 Å². The van der Waals surface area contributed by atoms with Crippen molar-refractivity contribution in [2.75, 3.05) is 39.4 Å². The van der Waals surface area contributed by atoms with Gasteiger partial charge in [0.25, 0.3) is 0 Å². The average molecular weight is 230 g/mol. The van der Waals surface area contributed by atoms with E-state index in [0.29, 0.717) is 18.6 Å². The van der Waals surface area contributed by atoms with Crippen molar-refractivity contribution in [1.82, 2.24) is 4.90 Å². The molecular formula is C12H26N2O2. The van der Waals surface area contributed by atoms with Crippen LogP contribution in [0.3, 0.4) is 0 Å². The smallest absolute Gasteiger partial charge is 0.0599 e. The molecule has 96 valence electrons. The Morgan fingerprint density at radius 3 is 2.69 bits per heavy atom. The van der Waals surface area contributed by atoms with Crippen LogP contribution in [0.1, 0.15) is 26.2 Å². The molecule has 1 rings (SSSR count). The van der Waals surface area contributed by atoms with Gasteiger partial charge in [0.15, 0.2) is 0 Å². The van der Waals surface area contributed by atoms with E-state index in [1.807, 2.05) is 0 Å². The van der Waals surface area contributed by atoms with Crippen LogP contribution in [0.4, 0.5) is 0 Å². The molecule has 0 amide bonds. The zero-order chi connectivity index (χ0) is 11.8. The van der Waals surface area contributed by atoms with E-state index in [1.165, 1.54) is 0 Å². The fourth-order valence-electron chi connectivity index (χ4n) is 2.09. The normalized spacial score (nSPS) is 21.2. The molecule has 0 spiro atoms. The average Bonchev–Trinajstić information content (AvgIpc) is 2.31. The number of nitrogens with zero attached hydrogens (tertiary/aromatic N) is 1. The molecule has 1 unspecified atom stereocenters. The summed E-state index contributed by atoms with van der Waals surface area (Å²) in [4.78, 5) is 2.42. The molecule has 1 fully saturated rings. The van der Waals surface area contributed by atoms with Crippen LogP contribution in [0, 0.1) is 5.92 Å². The Morgan fingerprint density at radius 2 is 2.12 bits per heavy atom. The number of hydrogen-bond acceptors (Lipinski definition) is 4. The molecule has 0 aromatic carbocycles. The highest BCUT2D eigenvalue weighted by molar-refractivity contribution is 4.73. The Kier molecular flexibility index (Phi) is 6.96. The van der Waals surface area contributed by atoms with Crippen molar-refractivity contribution in [3.63, 3.8) is 0 Å². The number of ether oxygens (including phenoxy) is 1. The lowest BCUT2D eigenvalue weighted by molar-refractivity contribution is 0.00322. The first-order valence-corrected chi connectivity index (χ1v) is 6.41. The molecule has 1 aliphatic rings. The van der Waals surface area contributed by atoms with E-state index in [4.69, 9.17) is 15.6 Å². The molecule has 0 aromatic heterocycles. The molecule has 1 atom stereocenters. The summed E-state index contributed by atoms with van der Waals surface area (Å²) in [5.41, 5.74) is 5.42. The van der Waals surface area contributed by atoms with E-state index >= 15 is 0 Å². The van der Waals surface area contributed by atoms with Crippen molar-refractivity contribution >= 4 is 0 Å². The van der Waals surface area contributed by atoms with Gasteiger partial charge in [-0.25, -0.2) is 0 Å². The molecule has 0 radical (unpaired) electrons. The quantitative estimate of drug-likeness (QED) is 0.623. The predicted octanol–water partition coefficient (Wildman–Crippen LogP) is 0.445. The minimum absolute atomic E-state index is 0.285. The van der Waals surface area contributed by atoms with E-state index < -0.39 is 0 Å². The maximum absolute atomic E-state index is 9.00. The monoisotopic (exact) mass is 230 g/mol. The highest BCUT2D eigenvalue weighted by atomic mass is 16.5. The Hall–Kier alpha value is -0.160. The molecule has 4 heteroatoms. The third-order valence-corrected chi connectivity index (χ3v) is 3.12. The number of aliphatic hydroxyl groups is 1. The minimum atomic E-state index is 0.285. The molecular weight excluding hydrogens is 204 g/mol. The molecule has 0 aliphatic carbocycles. The topological polar surface area (TPSA) is 58.7 Å². The Labute approximate surface area is 98.8 Å². The summed E-state index contributed by atoms with van der Waals surface area (Å²) in [7, 11) is 0. The van der Waals surface area contributed by atoms with E-state index in [-0.39, 0.29) is 6.61 Å². The lowest BCUT2D eigenvalue weighted by Gasteiger charge is -2.33. The highest BCUT2D eigenvalue weighted by Gasteiger charge is 2.20. The standard InChI is InChI=1S/C12H26N2O2/c1-11(10-15)9-14-6-3-12(4-7-14)16-8-2-5-13/h11-12,15H,2-10,13H2,1H3. The molecule has 4 nitrogen and oxygen atoms in total. The zero-order valence-electron chi connectivity index (χ0n) is 10.4. The summed E-state index contributed by atoms with van der Waals surface area (Å²) in [6.07, 6.45) is 3.61. The van der Waals surface area contributed by atoms with Gasteiger partial charge in [0, 0.05) is 32.8 Å². The molecule has 0 saturated carbocycles. The zero-order valence-corrected chi connectivity index (χ0v) is 10.4. The van der Waals surface area contributed by atoms with Crippen LogP contribution in [0.15, 0.2) is 0 Å². The minimum Gasteiger partial charge on any atom is -0.396 e. The number of hydrogen-bond donors (Lipinski definition) is 2. The first kappa shape index (κ1) is 13.9. The van der Waals surface area contributed by atoms with Gasteiger partial charge in [-0.2, -0.15) is 0 Å². The fraction of sp³-hybridized carbons (Fsp3) is 1.00. The van der Waals surface area contributed by atoms with Gasteiger partial charge in [-0.05, 0) is 31.7 Å². The summed E-state index contributed by atoms with van der Waals surface area (Å²) in [6, 6.07) is 0. The maximum atomic E-state index is 9.00. The van der Waals surface area contributed by atoms with Crippen LogP contribution in [-0.2, 0) is 4.74 Å². The van der Waals surface area contributed by atoms with Crippen molar-refractivity contribution in [3.8, 4) is 0 Å². The summed E-state index contributed by atoms with van der Waals surface area (Å²) < 4.78 is 5.75. The van der Waals surface area contributed by atoms with Gasteiger partial charge in [-0.1, -0.05) is 6.92 Å². The van der Waals surface area contributed by atoms with Crippen molar-refractivity contribution in [1.29, 1.82) is 0 Å². The Morgan fingerprint density at radius 1 is 1.44 bits per heavy atom. The first-order valence-electron chi connectivity index (χ1n) is 6.41. The van der Waals surface area contributed by atoms with Crippen LogP contribution >= 0.6 is 0 Å². The number of piperidine rings is 1. The number of likely N-dealkylation sites (tertiary alicyclic amines) is 1. The largest absolute Gasteiger partial charge is 0.396 e. The number of nitrogens with two attached hydrogens (primary N) is 1. The van der Waals surface area contributed by atoms with Crippen LogP contribution in [0.2, 0.25) is 0 Å². The summed E-state index contributed by atoms with van der Waals surface area (Å²) in [5.74, 6) is 0.384. The van der Waals surface area contributed by atoms with Gasteiger partial charge >= 0.3 is 0 Å². The van der Waals surface area contributed by atoms with Crippen molar-refractivity contribution in [2.45, 2.75) is 32.3 Å². The first-order chi connectivity index (χ1) is 7.76. The van der Waals surface area contributed by atoms with Crippen LogP contribution < -0.4 is 5.73 Å². The molecule has 1 heterocycles. The summed E-state index contributed by atoms with van der Waals surface area (Å²) in [5, 5.41) is 9.00. The summed E-state index contributed by atoms with van der Waals surface area (Å²) >= 11 is 0. The van der Waals surface area contributed by atoms with E-state index in [2.05, 4.69) is 11.8 Å². The fourth-order valence-corrected chi connectivity index (χ4v) is 2.09. The molecule has 1 aliphatic heterocycles. The lowest BCUT2D eigenvalue weighted by Crippen LogP contribution is -2.39. The SMILES string of the molecule is CC(CO)CN1CCC(OCCCN)CC1. The number of rotatable bonds is 7. The van der Waals surface area contributed by atoms with E-state index in [1.54, 1.807) is 0 Å². The molecule has 0 aromatic rings. The van der Waals surface area contributed by atoms with Crippen LogP contribution in [-0.4, -0.2) is 55.5 Å². The van der Waals surface area contributed by atoms with E-state index in [9.17, 15) is 0 Å². The molecule has 1 saturated heterocycles. The highest BCUT2D eigenvalue weighted by Crippen LogP contribution is 2.15. The second-order valence-electron chi connectivity index (χ2n) is 4.80. The Balaban J connectivity index is 2.08. The van der Waals surface area contributed by atoms with Crippen molar-refractivity contribution < 1.29 is 9.84 Å². The summed E-state index contributed by atoms with van der Waals surface area (Å²) in [6.45, 7) is 7.08. The second-order valence-corrected chi connectivity index (χ2v) is 4.80.